The van der Waals surface area contributed by atoms with Crippen LogP contribution in [0.15, 0.2) is 18.3 Å². The van der Waals surface area contributed by atoms with Crippen LogP contribution >= 0.6 is 0 Å². The summed E-state index contributed by atoms with van der Waals surface area (Å²) in [7, 11) is 1.47. The van der Waals surface area contributed by atoms with Crippen molar-refractivity contribution in [3.63, 3.8) is 0 Å². The van der Waals surface area contributed by atoms with E-state index in [1.807, 2.05) is 12.1 Å². The molecule has 5 rings (SSSR count). The molecule has 2 saturated carbocycles. The van der Waals surface area contributed by atoms with Gasteiger partial charge in [-0.15, -0.1) is 0 Å². The van der Waals surface area contributed by atoms with Gasteiger partial charge in [0.1, 0.15) is 5.82 Å². The summed E-state index contributed by atoms with van der Waals surface area (Å²) in [6.07, 6.45) is 6.89. The van der Waals surface area contributed by atoms with E-state index in [9.17, 15) is 4.79 Å². The number of aromatic amines is 1. The monoisotopic (exact) mass is 354 g/mol. The molecular weight excluding hydrogens is 332 g/mol. The molecule has 3 aliphatic rings. The summed E-state index contributed by atoms with van der Waals surface area (Å²) in [5.74, 6) is 2.65. The van der Waals surface area contributed by atoms with Gasteiger partial charge in [-0.05, 0) is 38.2 Å². The molecule has 1 saturated heterocycles. The number of H-pyrrole nitrogens is 1. The quantitative estimate of drug-likeness (QED) is 0.796. The zero-order valence-electron chi connectivity index (χ0n) is 14.7. The number of rotatable bonds is 5. The van der Waals surface area contributed by atoms with E-state index in [0.717, 1.165) is 25.1 Å². The molecule has 8 heteroatoms. The number of piperidine rings is 1. The number of anilines is 3. The van der Waals surface area contributed by atoms with Crippen molar-refractivity contribution in [3.8, 4) is 0 Å². The minimum absolute atomic E-state index is 0.110. The predicted octanol–water partition coefficient (Wildman–Crippen LogP) is 2.35. The lowest BCUT2D eigenvalue weighted by Crippen LogP contribution is -2.40. The Balaban J connectivity index is 1.34. The van der Waals surface area contributed by atoms with E-state index in [4.69, 9.17) is 4.74 Å². The van der Waals surface area contributed by atoms with E-state index in [2.05, 4.69) is 30.4 Å². The van der Waals surface area contributed by atoms with Crippen LogP contribution in [0.5, 0.6) is 0 Å². The lowest BCUT2D eigenvalue weighted by Gasteiger charge is -2.30. The third kappa shape index (κ3) is 2.51. The lowest BCUT2D eigenvalue weighted by molar-refractivity contribution is -0.151. The molecule has 2 N–H and O–H groups in total. The smallest absolute Gasteiger partial charge is 0.313 e. The molecule has 2 bridgehead atoms. The number of fused-ring (bicyclic) bond motifs is 2. The number of nitrogens with one attached hydrogen (secondary N) is 2. The summed E-state index contributed by atoms with van der Waals surface area (Å²) >= 11 is 0. The van der Waals surface area contributed by atoms with Crippen molar-refractivity contribution < 1.29 is 9.53 Å². The van der Waals surface area contributed by atoms with Crippen molar-refractivity contribution in [1.82, 2.24) is 20.2 Å². The van der Waals surface area contributed by atoms with Crippen molar-refractivity contribution in [2.75, 3.05) is 23.9 Å². The number of ether oxygens (including phenoxy) is 1. The van der Waals surface area contributed by atoms with Gasteiger partial charge in [-0.2, -0.15) is 10.1 Å². The Morgan fingerprint density at radius 2 is 2.27 bits per heavy atom. The molecule has 2 unspecified atom stereocenters. The molecular formula is C18H22N6O2. The zero-order chi connectivity index (χ0) is 17.7. The van der Waals surface area contributed by atoms with Gasteiger partial charge in [-0.1, -0.05) is 0 Å². The van der Waals surface area contributed by atoms with Gasteiger partial charge >= 0.3 is 5.97 Å². The number of aromatic nitrogens is 4. The largest absolute Gasteiger partial charge is 0.469 e. The number of esters is 1. The highest BCUT2D eigenvalue weighted by Crippen LogP contribution is 2.49. The first-order valence-corrected chi connectivity index (χ1v) is 9.17. The zero-order valence-corrected chi connectivity index (χ0v) is 14.7. The highest BCUT2D eigenvalue weighted by Gasteiger charge is 2.55. The second-order valence-corrected chi connectivity index (χ2v) is 7.65. The number of nitrogens with zero attached hydrogens (tertiary/aromatic N) is 4. The fraction of sp³-hybridized carbons (Fsp3) is 0.556. The van der Waals surface area contributed by atoms with Crippen LogP contribution in [0.3, 0.4) is 0 Å². The van der Waals surface area contributed by atoms with Crippen LogP contribution in [-0.4, -0.2) is 45.8 Å². The molecule has 2 aromatic rings. The molecule has 2 aromatic heterocycles. The Morgan fingerprint density at radius 3 is 3.08 bits per heavy atom. The molecule has 3 heterocycles. The third-order valence-electron chi connectivity index (χ3n) is 5.89. The summed E-state index contributed by atoms with van der Waals surface area (Å²) < 4.78 is 5.04. The van der Waals surface area contributed by atoms with Crippen LogP contribution in [-0.2, 0) is 9.53 Å². The average Bonchev–Trinajstić information content (AvgIpc) is 3.11. The van der Waals surface area contributed by atoms with Crippen molar-refractivity contribution >= 4 is 23.6 Å². The topological polar surface area (TPSA) is 96.0 Å². The highest BCUT2D eigenvalue weighted by molar-refractivity contribution is 5.79. The highest BCUT2D eigenvalue weighted by atomic mass is 16.5. The van der Waals surface area contributed by atoms with Crippen LogP contribution in [0.25, 0.3) is 0 Å². The fourth-order valence-electron chi connectivity index (χ4n) is 4.36. The second kappa shape index (κ2) is 5.69. The Morgan fingerprint density at radius 1 is 1.38 bits per heavy atom. The van der Waals surface area contributed by atoms with Gasteiger partial charge in [0.05, 0.1) is 12.5 Å². The summed E-state index contributed by atoms with van der Waals surface area (Å²) in [6.45, 7) is 0.627. The van der Waals surface area contributed by atoms with Crippen molar-refractivity contribution in [1.29, 1.82) is 0 Å². The Labute approximate surface area is 151 Å². The van der Waals surface area contributed by atoms with Gasteiger partial charge < -0.3 is 15.0 Å². The van der Waals surface area contributed by atoms with Crippen molar-refractivity contribution in [3.05, 3.63) is 24.0 Å². The maximum Gasteiger partial charge on any atom is 0.313 e. The number of methoxy groups -OCH3 is 1. The van der Waals surface area contributed by atoms with Crippen molar-refractivity contribution in [2.45, 2.75) is 44.1 Å². The molecule has 8 nitrogen and oxygen atoms in total. The minimum atomic E-state index is -0.395. The van der Waals surface area contributed by atoms with E-state index in [1.165, 1.54) is 25.6 Å². The number of hydrogen-bond acceptors (Lipinski definition) is 7. The summed E-state index contributed by atoms with van der Waals surface area (Å²) in [6, 6.07) is 4.18. The minimum Gasteiger partial charge on any atom is -0.469 e. The van der Waals surface area contributed by atoms with Crippen LogP contribution in [0.1, 0.15) is 43.7 Å². The SMILES string of the molecule is COC(=O)C12CCC(C1)N(c1nccc(Nc3cc(C4CC4)[nH]n3)n1)C2. The van der Waals surface area contributed by atoms with Crippen LogP contribution in [0.2, 0.25) is 0 Å². The first-order chi connectivity index (χ1) is 12.7. The van der Waals surface area contributed by atoms with Gasteiger partial charge in [-0.3, -0.25) is 9.89 Å². The molecule has 0 radical (unpaired) electrons. The lowest BCUT2D eigenvalue weighted by atomic mass is 9.87. The first-order valence-electron chi connectivity index (χ1n) is 9.17. The maximum atomic E-state index is 12.2. The van der Waals surface area contributed by atoms with Gasteiger partial charge in [0.2, 0.25) is 5.95 Å². The number of carbonyl (C=O) groups is 1. The van der Waals surface area contributed by atoms with Crippen LogP contribution in [0.4, 0.5) is 17.6 Å². The molecule has 0 spiro atoms. The molecule has 1 aliphatic heterocycles. The molecule has 0 aromatic carbocycles. The van der Waals surface area contributed by atoms with Crippen LogP contribution in [0, 0.1) is 5.41 Å². The first kappa shape index (κ1) is 15.6. The van der Waals surface area contributed by atoms with E-state index >= 15 is 0 Å². The van der Waals surface area contributed by atoms with E-state index in [0.29, 0.717) is 30.3 Å². The molecule has 0 amide bonds. The van der Waals surface area contributed by atoms with E-state index < -0.39 is 5.41 Å². The maximum absolute atomic E-state index is 12.2. The van der Waals surface area contributed by atoms with Gasteiger partial charge in [0.25, 0.3) is 0 Å². The molecule has 26 heavy (non-hydrogen) atoms. The third-order valence-corrected chi connectivity index (χ3v) is 5.89. The fourth-order valence-corrected chi connectivity index (χ4v) is 4.36. The molecule has 2 aliphatic carbocycles. The Hall–Kier alpha value is -2.64. The van der Waals surface area contributed by atoms with Crippen molar-refractivity contribution in [2.24, 2.45) is 5.41 Å². The molecule has 3 fully saturated rings. The standard InChI is InChI=1S/C18H22N6O2/c1-26-16(25)18-6-4-12(9-18)24(10-18)17-19-7-5-14(21-17)20-15-8-13(22-23-15)11-2-3-11/h5,7-8,11-12H,2-4,6,9-10H2,1H3,(H2,19,20,21,22,23). The van der Waals surface area contributed by atoms with Crippen LogP contribution < -0.4 is 10.2 Å². The Bertz CT molecular complexity index is 848. The van der Waals surface area contributed by atoms with Gasteiger partial charge in [-0.25, -0.2) is 4.98 Å². The molecule has 136 valence electrons. The Kier molecular flexibility index (Phi) is 3.41. The van der Waals surface area contributed by atoms with Gasteiger partial charge in [0, 0.05) is 36.5 Å². The normalized spacial score (nSPS) is 27.0. The van der Waals surface area contributed by atoms with E-state index in [-0.39, 0.29) is 5.97 Å². The number of carbonyl (C=O) groups excluding carboxylic acids is 1. The predicted molar refractivity (Wildman–Crippen MR) is 95.3 cm³/mol. The number of hydrogen-bond donors (Lipinski definition) is 2. The summed E-state index contributed by atoms with van der Waals surface area (Å²) in [5, 5.41) is 10.6. The second-order valence-electron chi connectivity index (χ2n) is 7.65. The average molecular weight is 354 g/mol. The molecule has 2 atom stereocenters. The summed E-state index contributed by atoms with van der Waals surface area (Å²) in [4.78, 5) is 23.5. The van der Waals surface area contributed by atoms with E-state index in [1.54, 1.807) is 6.20 Å². The van der Waals surface area contributed by atoms with Gasteiger partial charge in [0.15, 0.2) is 5.82 Å². The summed E-state index contributed by atoms with van der Waals surface area (Å²) in [5.41, 5.74) is 0.784.